The number of hydrogen-bond acceptors (Lipinski definition) is 6. The zero-order chi connectivity index (χ0) is 23.1. The summed E-state index contributed by atoms with van der Waals surface area (Å²) in [5.41, 5.74) is 1.71. The number of aromatic amines is 1. The van der Waals surface area contributed by atoms with E-state index in [2.05, 4.69) is 20.9 Å². The van der Waals surface area contributed by atoms with Gasteiger partial charge in [-0.2, -0.15) is 0 Å². The highest BCUT2D eigenvalue weighted by atomic mass is 32.1. The number of H-pyrrole nitrogens is 1. The summed E-state index contributed by atoms with van der Waals surface area (Å²) in [6, 6.07) is 9.11. The number of rotatable bonds is 8. The molecule has 32 heavy (non-hydrogen) atoms. The maximum absolute atomic E-state index is 12.8. The maximum Gasteiger partial charge on any atom is 0.329 e. The molecule has 0 spiro atoms. The Hall–Kier alpha value is -3.66. The van der Waals surface area contributed by atoms with Crippen molar-refractivity contribution in [2.24, 2.45) is 0 Å². The predicted octanol–water partition coefficient (Wildman–Crippen LogP) is 2.35. The first kappa shape index (κ1) is 23.0. The summed E-state index contributed by atoms with van der Waals surface area (Å²) in [7, 11) is 0. The van der Waals surface area contributed by atoms with Crippen LogP contribution in [-0.4, -0.2) is 47.5 Å². The Morgan fingerprint density at radius 2 is 1.84 bits per heavy atom. The lowest BCUT2D eigenvalue weighted by molar-refractivity contribution is -0.150. The number of fused-ring (bicyclic) bond motifs is 1. The van der Waals surface area contributed by atoms with Crippen LogP contribution < -0.4 is 16.0 Å². The minimum atomic E-state index is -1.03. The Bertz CT molecular complexity index is 1110. The van der Waals surface area contributed by atoms with Crippen LogP contribution in [0.15, 0.2) is 48.0 Å². The Labute approximate surface area is 188 Å². The molecule has 0 aliphatic carbocycles. The molecule has 2 aromatic heterocycles. The van der Waals surface area contributed by atoms with E-state index in [0.29, 0.717) is 4.88 Å². The molecule has 2 heterocycles. The first-order valence-electron chi connectivity index (χ1n) is 10.00. The Morgan fingerprint density at radius 3 is 2.56 bits per heavy atom. The van der Waals surface area contributed by atoms with Gasteiger partial charge in [-0.05, 0) is 36.9 Å². The standard InChI is InChI=1S/C22H24N4O5S/c1-13(2)24-22(30)26-19(27)12-31-21(29)17(25-20(28)18-8-5-9-32-18)10-14-11-23-16-7-4-3-6-15(14)16/h3-9,11,13,17,23H,10,12H2,1-2H3,(H,25,28)(H2,24,26,27,30)/t17-/m1/s1. The van der Waals surface area contributed by atoms with Gasteiger partial charge in [0, 0.05) is 29.6 Å². The van der Waals surface area contributed by atoms with Gasteiger partial charge in [-0.15, -0.1) is 11.3 Å². The third-order valence-corrected chi connectivity index (χ3v) is 5.32. The number of aromatic nitrogens is 1. The molecular weight excluding hydrogens is 432 g/mol. The van der Waals surface area contributed by atoms with Crippen LogP contribution in [0.2, 0.25) is 0 Å². The SMILES string of the molecule is CC(C)NC(=O)NC(=O)COC(=O)[C@@H](Cc1c[nH]c2ccccc12)NC(=O)c1cccs1. The van der Waals surface area contributed by atoms with Gasteiger partial charge in [-0.3, -0.25) is 14.9 Å². The molecular formula is C22H24N4O5S. The number of thiophene rings is 1. The lowest BCUT2D eigenvalue weighted by atomic mass is 10.0. The maximum atomic E-state index is 12.8. The minimum absolute atomic E-state index is 0.154. The third-order valence-electron chi connectivity index (χ3n) is 4.45. The minimum Gasteiger partial charge on any atom is -0.454 e. The molecule has 4 amide bonds. The van der Waals surface area contributed by atoms with Crippen molar-refractivity contribution in [2.75, 3.05) is 6.61 Å². The van der Waals surface area contributed by atoms with Crippen molar-refractivity contribution < 1.29 is 23.9 Å². The molecule has 3 aromatic rings. The molecule has 10 heteroatoms. The average molecular weight is 457 g/mol. The van der Waals surface area contributed by atoms with Gasteiger partial charge in [0.05, 0.1) is 4.88 Å². The average Bonchev–Trinajstić information content (AvgIpc) is 3.41. The van der Waals surface area contributed by atoms with Crippen molar-refractivity contribution in [3.05, 3.63) is 58.4 Å². The lowest BCUT2D eigenvalue weighted by Crippen LogP contribution is -2.46. The topological polar surface area (TPSA) is 129 Å². The second kappa shape index (κ2) is 10.6. The molecule has 0 radical (unpaired) electrons. The number of benzene rings is 1. The van der Waals surface area contributed by atoms with Gasteiger partial charge in [-0.25, -0.2) is 9.59 Å². The van der Waals surface area contributed by atoms with Crippen LogP contribution in [0.3, 0.4) is 0 Å². The van der Waals surface area contributed by atoms with E-state index in [1.807, 2.05) is 24.3 Å². The van der Waals surface area contributed by atoms with E-state index in [9.17, 15) is 19.2 Å². The van der Waals surface area contributed by atoms with Crippen molar-refractivity contribution in [3.8, 4) is 0 Å². The molecule has 168 valence electrons. The monoisotopic (exact) mass is 456 g/mol. The van der Waals surface area contributed by atoms with E-state index in [1.54, 1.807) is 37.6 Å². The first-order valence-corrected chi connectivity index (χ1v) is 10.9. The largest absolute Gasteiger partial charge is 0.454 e. The molecule has 9 nitrogen and oxygen atoms in total. The van der Waals surface area contributed by atoms with E-state index in [1.165, 1.54) is 11.3 Å². The van der Waals surface area contributed by atoms with E-state index in [0.717, 1.165) is 16.5 Å². The fourth-order valence-electron chi connectivity index (χ4n) is 3.05. The fraction of sp³-hybridized carbons (Fsp3) is 0.273. The summed E-state index contributed by atoms with van der Waals surface area (Å²) in [5, 5.41) is 9.94. The second-order valence-corrected chi connectivity index (χ2v) is 8.30. The van der Waals surface area contributed by atoms with Gasteiger partial charge in [-0.1, -0.05) is 24.3 Å². The van der Waals surface area contributed by atoms with Crippen LogP contribution in [0, 0.1) is 0 Å². The molecule has 1 aromatic carbocycles. The summed E-state index contributed by atoms with van der Waals surface area (Å²) in [4.78, 5) is 52.4. The molecule has 1 atom stereocenters. The molecule has 0 saturated heterocycles. The number of imide groups is 1. The Balaban J connectivity index is 1.68. The van der Waals surface area contributed by atoms with Crippen LogP contribution in [-0.2, 0) is 20.7 Å². The third kappa shape index (κ3) is 6.17. The van der Waals surface area contributed by atoms with E-state index >= 15 is 0 Å². The quantitative estimate of drug-likeness (QED) is 0.387. The molecule has 0 unspecified atom stereocenters. The summed E-state index contributed by atoms with van der Waals surface area (Å²) in [6.07, 6.45) is 1.93. The van der Waals surface area contributed by atoms with Gasteiger partial charge >= 0.3 is 12.0 Å². The molecule has 0 fully saturated rings. The zero-order valence-electron chi connectivity index (χ0n) is 17.6. The van der Waals surface area contributed by atoms with Crippen LogP contribution in [0.4, 0.5) is 4.79 Å². The van der Waals surface area contributed by atoms with Crippen LogP contribution >= 0.6 is 11.3 Å². The smallest absolute Gasteiger partial charge is 0.329 e. The highest BCUT2D eigenvalue weighted by Gasteiger charge is 2.26. The van der Waals surface area contributed by atoms with Gasteiger partial charge in [0.1, 0.15) is 6.04 Å². The van der Waals surface area contributed by atoms with Crippen molar-refractivity contribution in [1.29, 1.82) is 0 Å². The number of amides is 4. The van der Waals surface area contributed by atoms with Crippen molar-refractivity contribution in [2.45, 2.75) is 32.4 Å². The molecule has 3 rings (SSSR count). The molecule has 0 aliphatic rings. The Morgan fingerprint density at radius 1 is 1.06 bits per heavy atom. The zero-order valence-corrected chi connectivity index (χ0v) is 18.5. The van der Waals surface area contributed by atoms with Crippen molar-refractivity contribution in [1.82, 2.24) is 20.9 Å². The predicted molar refractivity (Wildman–Crippen MR) is 120 cm³/mol. The summed E-state index contributed by atoms with van der Waals surface area (Å²) < 4.78 is 5.10. The van der Waals surface area contributed by atoms with E-state index < -0.39 is 36.5 Å². The van der Waals surface area contributed by atoms with Gasteiger partial charge < -0.3 is 20.4 Å². The van der Waals surface area contributed by atoms with E-state index in [-0.39, 0.29) is 12.5 Å². The molecule has 0 saturated carbocycles. The van der Waals surface area contributed by atoms with Crippen LogP contribution in [0.5, 0.6) is 0 Å². The number of carbonyl (C=O) groups is 4. The van der Waals surface area contributed by atoms with Gasteiger partial charge in [0.2, 0.25) is 0 Å². The molecule has 0 bridgehead atoms. The van der Waals surface area contributed by atoms with E-state index in [4.69, 9.17) is 4.74 Å². The normalized spacial score (nSPS) is 11.7. The number of urea groups is 1. The number of esters is 1. The molecule has 4 N–H and O–H groups in total. The summed E-state index contributed by atoms with van der Waals surface area (Å²) in [5.74, 6) is -1.96. The second-order valence-electron chi connectivity index (χ2n) is 7.35. The highest BCUT2D eigenvalue weighted by molar-refractivity contribution is 7.12. The highest BCUT2D eigenvalue weighted by Crippen LogP contribution is 2.20. The van der Waals surface area contributed by atoms with Crippen molar-refractivity contribution >= 4 is 46.1 Å². The fourth-order valence-corrected chi connectivity index (χ4v) is 3.68. The van der Waals surface area contributed by atoms with Crippen LogP contribution in [0.1, 0.15) is 29.1 Å². The summed E-state index contributed by atoms with van der Waals surface area (Å²) in [6.45, 7) is 2.84. The number of para-hydroxylation sites is 1. The first-order chi connectivity index (χ1) is 15.3. The number of ether oxygens (including phenoxy) is 1. The van der Waals surface area contributed by atoms with Gasteiger partial charge in [0.25, 0.3) is 11.8 Å². The van der Waals surface area contributed by atoms with Crippen molar-refractivity contribution in [3.63, 3.8) is 0 Å². The van der Waals surface area contributed by atoms with Crippen LogP contribution in [0.25, 0.3) is 10.9 Å². The summed E-state index contributed by atoms with van der Waals surface area (Å²) >= 11 is 1.25. The lowest BCUT2D eigenvalue weighted by Gasteiger charge is -2.17. The Kier molecular flexibility index (Phi) is 7.61. The number of nitrogens with one attached hydrogen (secondary N) is 4. The number of hydrogen-bond donors (Lipinski definition) is 4. The molecule has 0 aliphatic heterocycles. The van der Waals surface area contributed by atoms with Gasteiger partial charge in [0.15, 0.2) is 6.61 Å². The number of carbonyl (C=O) groups excluding carboxylic acids is 4.